The third-order valence-electron chi connectivity index (χ3n) is 2.97. The summed E-state index contributed by atoms with van der Waals surface area (Å²) in [5.41, 5.74) is 1.73. The predicted molar refractivity (Wildman–Crippen MR) is 64.5 cm³/mol. The van der Waals surface area contributed by atoms with Gasteiger partial charge >= 0.3 is 5.97 Å². The van der Waals surface area contributed by atoms with Crippen LogP contribution in [0.1, 0.15) is 30.4 Å². The monoisotopic (exact) mass is 247 g/mol. The summed E-state index contributed by atoms with van der Waals surface area (Å²) in [6, 6.07) is 5.10. The lowest BCUT2D eigenvalue weighted by molar-refractivity contribution is -0.140. The van der Waals surface area contributed by atoms with Gasteiger partial charge in [0.25, 0.3) is 0 Å². The molecule has 2 rings (SSSR count). The van der Waals surface area contributed by atoms with Crippen molar-refractivity contribution in [2.75, 3.05) is 5.32 Å². The first-order valence-electron chi connectivity index (χ1n) is 5.63. The van der Waals surface area contributed by atoms with Gasteiger partial charge in [-0.15, -0.1) is 0 Å². The molecule has 0 saturated heterocycles. The third-order valence-corrected chi connectivity index (χ3v) is 2.97. The van der Waals surface area contributed by atoms with Gasteiger partial charge in [-0.05, 0) is 17.2 Å². The number of carbonyl (C=O) groups excluding carboxylic acids is 2. The number of ketones is 1. The molecule has 1 aliphatic rings. The first-order valence-corrected chi connectivity index (χ1v) is 5.63. The lowest BCUT2D eigenvalue weighted by Crippen LogP contribution is -2.26. The van der Waals surface area contributed by atoms with Crippen molar-refractivity contribution in [1.29, 1.82) is 0 Å². The summed E-state index contributed by atoms with van der Waals surface area (Å²) in [7, 11) is 0. The van der Waals surface area contributed by atoms with Crippen molar-refractivity contribution < 1.29 is 19.5 Å². The first kappa shape index (κ1) is 12.3. The van der Waals surface area contributed by atoms with E-state index in [4.69, 9.17) is 0 Å². The molecule has 0 aromatic heterocycles. The van der Waals surface area contributed by atoms with E-state index in [0.717, 1.165) is 0 Å². The molecule has 0 saturated carbocycles. The van der Waals surface area contributed by atoms with E-state index in [9.17, 15) is 19.5 Å². The van der Waals surface area contributed by atoms with Gasteiger partial charge in [0.05, 0.1) is 5.92 Å². The summed E-state index contributed by atoms with van der Waals surface area (Å²) in [6.45, 7) is 1.36. The van der Waals surface area contributed by atoms with Crippen molar-refractivity contribution >= 4 is 23.3 Å². The molecule has 2 N–H and O–H groups in total. The maximum Gasteiger partial charge on any atom is 0.311 e. The molecular weight excluding hydrogens is 234 g/mol. The van der Waals surface area contributed by atoms with E-state index in [1.54, 1.807) is 18.2 Å². The van der Waals surface area contributed by atoms with Crippen LogP contribution in [0.5, 0.6) is 0 Å². The standard InChI is InChI=1S/C13H13NO4/c1-7(15)14-11-4-2-3-8-5-9(16)6-10(12(8)11)13(17)18/h2-4,10H,5-6H2,1H3,(H,14,15)(H,17,18). The summed E-state index contributed by atoms with van der Waals surface area (Å²) in [5.74, 6) is -2.26. The van der Waals surface area contributed by atoms with Gasteiger partial charge in [-0.2, -0.15) is 0 Å². The number of hydrogen-bond acceptors (Lipinski definition) is 3. The SMILES string of the molecule is CC(=O)Nc1cccc2c1C(C(=O)O)CC(=O)C2. The number of fused-ring (bicyclic) bond motifs is 1. The minimum Gasteiger partial charge on any atom is -0.481 e. The Bertz CT molecular complexity index is 536. The van der Waals surface area contributed by atoms with Gasteiger partial charge in [0, 0.05) is 25.5 Å². The second kappa shape index (κ2) is 4.60. The van der Waals surface area contributed by atoms with Crippen LogP contribution in [0, 0.1) is 0 Å². The summed E-state index contributed by atoms with van der Waals surface area (Å²) >= 11 is 0. The molecule has 0 fully saturated rings. The van der Waals surface area contributed by atoms with Crippen LogP contribution < -0.4 is 5.32 Å². The van der Waals surface area contributed by atoms with E-state index < -0.39 is 11.9 Å². The van der Waals surface area contributed by atoms with E-state index in [-0.39, 0.29) is 24.5 Å². The Hall–Kier alpha value is -2.17. The van der Waals surface area contributed by atoms with E-state index in [1.165, 1.54) is 6.92 Å². The van der Waals surface area contributed by atoms with Gasteiger partial charge in [-0.1, -0.05) is 12.1 Å². The number of aliphatic carboxylic acids is 1. The van der Waals surface area contributed by atoms with Gasteiger partial charge in [-0.3, -0.25) is 14.4 Å². The number of hydrogen-bond donors (Lipinski definition) is 2. The molecule has 5 heteroatoms. The Labute approximate surface area is 104 Å². The first-order chi connectivity index (χ1) is 8.49. The van der Waals surface area contributed by atoms with Crippen LogP contribution in [-0.2, 0) is 20.8 Å². The Morgan fingerprint density at radius 2 is 2.11 bits per heavy atom. The lowest BCUT2D eigenvalue weighted by atomic mass is 9.81. The average Bonchev–Trinajstić information content (AvgIpc) is 2.26. The molecule has 1 aromatic rings. The van der Waals surface area contributed by atoms with E-state index in [0.29, 0.717) is 16.8 Å². The molecule has 18 heavy (non-hydrogen) atoms. The zero-order chi connectivity index (χ0) is 13.3. The highest BCUT2D eigenvalue weighted by Crippen LogP contribution is 2.35. The molecule has 1 amide bonds. The number of carbonyl (C=O) groups is 3. The Morgan fingerprint density at radius 1 is 1.39 bits per heavy atom. The maximum atomic E-state index is 11.5. The highest BCUT2D eigenvalue weighted by molar-refractivity contribution is 5.96. The zero-order valence-electron chi connectivity index (χ0n) is 9.90. The molecule has 94 valence electrons. The Morgan fingerprint density at radius 3 is 2.72 bits per heavy atom. The van der Waals surface area contributed by atoms with E-state index in [2.05, 4.69) is 5.32 Å². The van der Waals surface area contributed by atoms with Gasteiger partial charge in [-0.25, -0.2) is 0 Å². The van der Waals surface area contributed by atoms with E-state index >= 15 is 0 Å². The number of benzene rings is 1. The number of nitrogens with one attached hydrogen (secondary N) is 1. The normalized spacial score (nSPS) is 18.1. The van der Waals surface area contributed by atoms with Crippen LogP contribution >= 0.6 is 0 Å². The molecule has 1 atom stereocenters. The molecular formula is C13H13NO4. The molecule has 0 spiro atoms. The van der Waals surface area contributed by atoms with Crippen molar-refractivity contribution in [3.05, 3.63) is 29.3 Å². The lowest BCUT2D eigenvalue weighted by Gasteiger charge is -2.24. The highest BCUT2D eigenvalue weighted by atomic mass is 16.4. The van der Waals surface area contributed by atoms with Gasteiger partial charge in [0.2, 0.25) is 5.91 Å². The van der Waals surface area contributed by atoms with Crippen LogP contribution in [-0.4, -0.2) is 22.8 Å². The van der Waals surface area contributed by atoms with Gasteiger partial charge in [0.1, 0.15) is 5.78 Å². The fourth-order valence-corrected chi connectivity index (χ4v) is 2.30. The van der Waals surface area contributed by atoms with Crippen molar-refractivity contribution in [2.45, 2.75) is 25.7 Å². The van der Waals surface area contributed by atoms with Gasteiger partial charge in [0.15, 0.2) is 0 Å². The topological polar surface area (TPSA) is 83.5 Å². The fourth-order valence-electron chi connectivity index (χ4n) is 2.30. The van der Waals surface area contributed by atoms with Crippen LogP contribution in [0.15, 0.2) is 18.2 Å². The summed E-state index contributed by atoms with van der Waals surface area (Å²) in [6.07, 6.45) is 0.214. The molecule has 0 bridgehead atoms. The average molecular weight is 247 g/mol. The molecule has 1 aromatic carbocycles. The molecule has 0 radical (unpaired) electrons. The Balaban J connectivity index is 2.53. The number of Topliss-reactive ketones (excluding diaryl/α,β-unsaturated/α-hetero) is 1. The number of carboxylic acids is 1. The number of amides is 1. The summed E-state index contributed by atoms with van der Waals surface area (Å²) in [4.78, 5) is 33.9. The summed E-state index contributed by atoms with van der Waals surface area (Å²) < 4.78 is 0. The molecule has 1 unspecified atom stereocenters. The quantitative estimate of drug-likeness (QED) is 0.825. The van der Waals surface area contributed by atoms with Crippen molar-refractivity contribution in [2.24, 2.45) is 0 Å². The predicted octanol–water partition coefficient (Wildman–Crippen LogP) is 1.33. The molecule has 0 aliphatic heterocycles. The van der Waals surface area contributed by atoms with Crippen molar-refractivity contribution in [1.82, 2.24) is 0 Å². The second-order valence-corrected chi connectivity index (χ2v) is 4.37. The minimum atomic E-state index is -1.04. The molecule has 0 heterocycles. The Kier molecular flexibility index (Phi) is 3.14. The smallest absolute Gasteiger partial charge is 0.311 e. The van der Waals surface area contributed by atoms with Gasteiger partial charge < -0.3 is 10.4 Å². The maximum absolute atomic E-state index is 11.5. The largest absolute Gasteiger partial charge is 0.481 e. The van der Waals surface area contributed by atoms with Crippen LogP contribution in [0.25, 0.3) is 0 Å². The second-order valence-electron chi connectivity index (χ2n) is 4.37. The molecule has 1 aliphatic carbocycles. The zero-order valence-corrected chi connectivity index (χ0v) is 9.90. The van der Waals surface area contributed by atoms with Crippen LogP contribution in [0.4, 0.5) is 5.69 Å². The van der Waals surface area contributed by atoms with Crippen LogP contribution in [0.2, 0.25) is 0 Å². The fraction of sp³-hybridized carbons (Fsp3) is 0.308. The van der Waals surface area contributed by atoms with E-state index in [1.807, 2.05) is 0 Å². The van der Waals surface area contributed by atoms with Crippen molar-refractivity contribution in [3.63, 3.8) is 0 Å². The third kappa shape index (κ3) is 2.25. The highest BCUT2D eigenvalue weighted by Gasteiger charge is 2.32. The van der Waals surface area contributed by atoms with Crippen LogP contribution in [0.3, 0.4) is 0 Å². The van der Waals surface area contributed by atoms with Crippen molar-refractivity contribution in [3.8, 4) is 0 Å². The number of carboxylic acid groups (broad SMARTS) is 1. The summed E-state index contributed by atoms with van der Waals surface area (Å²) in [5, 5.41) is 11.8. The number of rotatable bonds is 2. The minimum absolute atomic E-state index is 0.0149. The number of anilines is 1. The molecule has 5 nitrogen and oxygen atoms in total.